The topological polar surface area (TPSA) is 40.7 Å². The normalized spacial score (nSPS) is 11.1. The minimum atomic E-state index is 0.687. The van der Waals surface area contributed by atoms with Gasteiger partial charge in [0.2, 0.25) is 0 Å². The van der Waals surface area contributed by atoms with E-state index in [9.17, 15) is 0 Å². The summed E-state index contributed by atoms with van der Waals surface area (Å²) in [5.74, 6) is 1.73. The van der Waals surface area contributed by atoms with E-state index in [1.165, 1.54) is 5.69 Å². The minimum Gasteiger partial charge on any atom is -0.345 e. The molecule has 0 saturated heterocycles. The molecule has 0 spiro atoms. The molecule has 1 heterocycles. The monoisotopic (exact) mass is 181 g/mol. The summed E-state index contributed by atoms with van der Waals surface area (Å²) in [5, 5.41) is 3.24. The van der Waals surface area contributed by atoms with Gasteiger partial charge in [-0.05, 0) is 18.9 Å². The standard InChI is InChI=1S/C10H19N3/c1-4-11-7-10-12-6-9(13-10)5-8(2)3/h6,8,11H,4-5,7H2,1-3H3,(H,12,13). The first-order valence-electron chi connectivity index (χ1n) is 4.95. The largest absolute Gasteiger partial charge is 0.345 e. The van der Waals surface area contributed by atoms with Crippen LogP contribution in [0.1, 0.15) is 32.3 Å². The van der Waals surface area contributed by atoms with E-state index in [1.807, 2.05) is 6.20 Å². The van der Waals surface area contributed by atoms with Crippen LogP contribution in [-0.4, -0.2) is 16.5 Å². The predicted molar refractivity (Wildman–Crippen MR) is 54.5 cm³/mol. The third kappa shape index (κ3) is 3.59. The van der Waals surface area contributed by atoms with E-state index in [-0.39, 0.29) is 0 Å². The van der Waals surface area contributed by atoms with Crippen LogP contribution < -0.4 is 5.32 Å². The van der Waals surface area contributed by atoms with Crippen molar-refractivity contribution in [1.82, 2.24) is 15.3 Å². The number of imidazole rings is 1. The maximum atomic E-state index is 4.29. The molecule has 0 fully saturated rings. The highest BCUT2D eigenvalue weighted by atomic mass is 15.0. The number of nitrogens with one attached hydrogen (secondary N) is 2. The lowest BCUT2D eigenvalue weighted by Gasteiger charge is -2.00. The van der Waals surface area contributed by atoms with Gasteiger partial charge in [-0.2, -0.15) is 0 Å². The lowest BCUT2D eigenvalue weighted by Crippen LogP contribution is -2.12. The number of aromatic nitrogens is 2. The number of rotatable bonds is 5. The maximum Gasteiger partial charge on any atom is 0.120 e. The van der Waals surface area contributed by atoms with Crippen LogP contribution in [0, 0.1) is 5.92 Å². The molecule has 1 rings (SSSR count). The van der Waals surface area contributed by atoms with Gasteiger partial charge in [0.15, 0.2) is 0 Å². The molecule has 3 heteroatoms. The molecule has 0 aliphatic carbocycles. The molecule has 13 heavy (non-hydrogen) atoms. The van der Waals surface area contributed by atoms with Crippen molar-refractivity contribution in [1.29, 1.82) is 0 Å². The van der Waals surface area contributed by atoms with E-state index in [2.05, 4.69) is 36.1 Å². The van der Waals surface area contributed by atoms with Gasteiger partial charge in [0.25, 0.3) is 0 Å². The Morgan fingerprint density at radius 1 is 1.54 bits per heavy atom. The minimum absolute atomic E-state index is 0.687. The molecule has 1 aromatic rings. The summed E-state index contributed by atoms with van der Waals surface area (Å²) in [7, 11) is 0. The third-order valence-corrected chi connectivity index (χ3v) is 1.85. The van der Waals surface area contributed by atoms with Crippen molar-refractivity contribution in [2.45, 2.75) is 33.7 Å². The van der Waals surface area contributed by atoms with Gasteiger partial charge in [-0.25, -0.2) is 4.98 Å². The Bertz CT molecular complexity index is 240. The quantitative estimate of drug-likeness (QED) is 0.726. The molecule has 0 radical (unpaired) electrons. The molecule has 0 aromatic carbocycles. The van der Waals surface area contributed by atoms with E-state index >= 15 is 0 Å². The Morgan fingerprint density at radius 3 is 2.92 bits per heavy atom. The average Bonchev–Trinajstić information content (AvgIpc) is 2.48. The lowest BCUT2D eigenvalue weighted by atomic mass is 10.1. The number of aromatic amines is 1. The van der Waals surface area contributed by atoms with Gasteiger partial charge < -0.3 is 10.3 Å². The van der Waals surface area contributed by atoms with E-state index in [4.69, 9.17) is 0 Å². The zero-order valence-electron chi connectivity index (χ0n) is 8.72. The van der Waals surface area contributed by atoms with Gasteiger partial charge >= 0.3 is 0 Å². The van der Waals surface area contributed by atoms with Crippen LogP contribution in [0.15, 0.2) is 6.20 Å². The van der Waals surface area contributed by atoms with Crippen LogP contribution in [0.25, 0.3) is 0 Å². The summed E-state index contributed by atoms with van der Waals surface area (Å²) < 4.78 is 0. The summed E-state index contributed by atoms with van der Waals surface area (Å²) >= 11 is 0. The van der Waals surface area contributed by atoms with Crippen molar-refractivity contribution in [2.75, 3.05) is 6.54 Å². The summed E-state index contributed by atoms with van der Waals surface area (Å²) in [6.07, 6.45) is 3.02. The second kappa shape index (κ2) is 5.02. The molecule has 0 aliphatic rings. The first-order chi connectivity index (χ1) is 6.22. The molecule has 0 amide bonds. The summed E-state index contributed by atoms with van der Waals surface area (Å²) in [6, 6.07) is 0. The molecule has 0 bridgehead atoms. The highest BCUT2D eigenvalue weighted by Gasteiger charge is 2.01. The zero-order valence-corrected chi connectivity index (χ0v) is 8.72. The average molecular weight is 181 g/mol. The molecular formula is C10H19N3. The second-order valence-corrected chi connectivity index (χ2v) is 3.73. The number of hydrogen-bond acceptors (Lipinski definition) is 2. The molecule has 3 nitrogen and oxygen atoms in total. The van der Waals surface area contributed by atoms with Gasteiger partial charge in [0.05, 0.1) is 6.54 Å². The van der Waals surface area contributed by atoms with Crippen LogP contribution in [0.4, 0.5) is 0 Å². The van der Waals surface area contributed by atoms with Crippen molar-refractivity contribution in [2.24, 2.45) is 5.92 Å². The van der Waals surface area contributed by atoms with Gasteiger partial charge in [0.1, 0.15) is 5.82 Å². The van der Waals surface area contributed by atoms with E-state index < -0.39 is 0 Å². The molecule has 0 atom stereocenters. The smallest absolute Gasteiger partial charge is 0.120 e. The highest BCUT2D eigenvalue weighted by molar-refractivity contribution is 5.01. The number of hydrogen-bond donors (Lipinski definition) is 2. The fraction of sp³-hybridized carbons (Fsp3) is 0.700. The number of nitrogens with zero attached hydrogens (tertiary/aromatic N) is 1. The molecule has 74 valence electrons. The predicted octanol–water partition coefficient (Wildman–Crippen LogP) is 1.72. The van der Waals surface area contributed by atoms with Gasteiger partial charge in [-0.1, -0.05) is 20.8 Å². The molecule has 2 N–H and O–H groups in total. The third-order valence-electron chi connectivity index (χ3n) is 1.85. The fourth-order valence-corrected chi connectivity index (χ4v) is 1.28. The van der Waals surface area contributed by atoms with Crippen molar-refractivity contribution < 1.29 is 0 Å². The first kappa shape index (κ1) is 10.3. The molecule has 1 aromatic heterocycles. The summed E-state index contributed by atoms with van der Waals surface area (Å²) in [6.45, 7) is 8.35. The molecular weight excluding hydrogens is 162 g/mol. The molecule has 0 aliphatic heterocycles. The van der Waals surface area contributed by atoms with Crippen molar-refractivity contribution in [3.8, 4) is 0 Å². The van der Waals surface area contributed by atoms with E-state index in [0.29, 0.717) is 5.92 Å². The Morgan fingerprint density at radius 2 is 2.31 bits per heavy atom. The van der Waals surface area contributed by atoms with E-state index in [1.54, 1.807) is 0 Å². The van der Waals surface area contributed by atoms with Crippen LogP contribution in [-0.2, 0) is 13.0 Å². The Hall–Kier alpha value is -0.830. The summed E-state index contributed by atoms with van der Waals surface area (Å²) in [5.41, 5.74) is 1.24. The van der Waals surface area contributed by atoms with Gasteiger partial charge in [0, 0.05) is 11.9 Å². The molecule has 0 unspecified atom stereocenters. The molecule has 0 saturated carbocycles. The summed E-state index contributed by atoms with van der Waals surface area (Å²) in [4.78, 5) is 7.59. The van der Waals surface area contributed by atoms with Crippen molar-refractivity contribution in [3.63, 3.8) is 0 Å². The van der Waals surface area contributed by atoms with Crippen LogP contribution in [0.2, 0.25) is 0 Å². The Labute approximate surface area is 80.0 Å². The highest BCUT2D eigenvalue weighted by Crippen LogP contribution is 2.05. The lowest BCUT2D eigenvalue weighted by molar-refractivity contribution is 0.633. The first-order valence-corrected chi connectivity index (χ1v) is 4.95. The fourth-order valence-electron chi connectivity index (χ4n) is 1.28. The van der Waals surface area contributed by atoms with Crippen LogP contribution in [0.5, 0.6) is 0 Å². The van der Waals surface area contributed by atoms with Crippen molar-refractivity contribution in [3.05, 3.63) is 17.7 Å². The van der Waals surface area contributed by atoms with Gasteiger partial charge in [-0.15, -0.1) is 0 Å². The second-order valence-electron chi connectivity index (χ2n) is 3.73. The van der Waals surface area contributed by atoms with Crippen LogP contribution >= 0.6 is 0 Å². The maximum absolute atomic E-state index is 4.29. The van der Waals surface area contributed by atoms with E-state index in [0.717, 1.165) is 25.3 Å². The number of H-pyrrole nitrogens is 1. The Balaban J connectivity index is 2.44. The van der Waals surface area contributed by atoms with Gasteiger partial charge in [-0.3, -0.25) is 0 Å². The van der Waals surface area contributed by atoms with Crippen molar-refractivity contribution >= 4 is 0 Å². The Kier molecular flexibility index (Phi) is 3.96. The SMILES string of the molecule is CCNCc1ncc(CC(C)C)[nH]1. The zero-order chi connectivity index (χ0) is 9.68. The van der Waals surface area contributed by atoms with Crippen LogP contribution in [0.3, 0.4) is 0 Å².